The van der Waals surface area contributed by atoms with Crippen LogP contribution in [0.15, 0.2) is 53.0 Å². The molecule has 0 fully saturated rings. The summed E-state index contributed by atoms with van der Waals surface area (Å²) in [5.41, 5.74) is 1.48. The molecule has 0 aliphatic carbocycles. The van der Waals surface area contributed by atoms with Gasteiger partial charge >= 0.3 is 5.97 Å². The molecule has 0 unspecified atom stereocenters. The van der Waals surface area contributed by atoms with Crippen LogP contribution in [0.5, 0.6) is 0 Å². The number of carbonyl (C=O) groups excluding carboxylic acids is 1. The smallest absolute Gasteiger partial charge is 0.337 e. The predicted molar refractivity (Wildman–Crippen MR) is 108 cm³/mol. The van der Waals surface area contributed by atoms with E-state index in [2.05, 4.69) is 26.2 Å². The zero-order valence-electron chi connectivity index (χ0n) is 15.2. The predicted octanol–water partition coefficient (Wildman–Crippen LogP) is 5.30. The van der Waals surface area contributed by atoms with Gasteiger partial charge in [-0.25, -0.2) is 13.6 Å². The van der Waals surface area contributed by atoms with Crippen molar-refractivity contribution < 1.29 is 23.5 Å². The maximum atomic E-state index is 13.7. The Morgan fingerprint density at radius 2 is 1.72 bits per heavy atom. The average molecular weight is 461 g/mol. The number of nitrogens with one attached hydrogen (secondary N) is 1. The van der Waals surface area contributed by atoms with Gasteiger partial charge in [-0.2, -0.15) is 0 Å². The second kappa shape index (κ2) is 8.48. The average Bonchev–Trinajstić information content (AvgIpc) is 2.68. The minimum Gasteiger partial charge on any atom is -0.478 e. The van der Waals surface area contributed by atoms with Crippen LogP contribution in [0.2, 0.25) is 0 Å². The van der Waals surface area contributed by atoms with Crippen LogP contribution in [-0.2, 0) is 6.42 Å². The van der Waals surface area contributed by atoms with Crippen molar-refractivity contribution in [3.63, 3.8) is 0 Å². The molecule has 0 radical (unpaired) electrons. The fourth-order valence-corrected chi connectivity index (χ4v) is 3.35. The number of rotatable bonds is 5. The number of halogens is 3. The lowest BCUT2D eigenvalue weighted by Gasteiger charge is -2.11. The van der Waals surface area contributed by atoms with Crippen molar-refractivity contribution in [2.75, 3.05) is 5.32 Å². The van der Waals surface area contributed by atoms with Crippen LogP contribution in [0, 0.1) is 11.6 Å². The van der Waals surface area contributed by atoms with Gasteiger partial charge in [0.25, 0.3) is 5.91 Å². The lowest BCUT2D eigenvalue weighted by molar-refractivity contribution is 0.0695. The van der Waals surface area contributed by atoms with E-state index in [1.165, 1.54) is 12.1 Å². The van der Waals surface area contributed by atoms with Crippen molar-refractivity contribution in [1.29, 1.82) is 0 Å². The third kappa shape index (κ3) is 4.32. The Morgan fingerprint density at radius 1 is 1.10 bits per heavy atom. The molecule has 0 atom stereocenters. The molecule has 8 heteroatoms. The largest absolute Gasteiger partial charge is 0.478 e. The third-order valence-corrected chi connectivity index (χ3v) is 4.83. The van der Waals surface area contributed by atoms with Crippen LogP contribution in [-0.4, -0.2) is 22.0 Å². The van der Waals surface area contributed by atoms with Crippen LogP contribution in [0.25, 0.3) is 11.3 Å². The van der Waals surface area contributed by atoms with Crippen LogP contribution < -0.4 is 5.32 Å². The molecule has 1 aromatic heterocycles. The second-order valence-electron chi connectivity index (χ2n) is 6.10. The molecule has 0 spiro atoms. The van der Waals surface area contributed by atoms with Crippen molar-refractivity contribution in [3.8, 4) is 11.3 Å². The summed E-state index contributed by atoms with van der Waals surface area (Å²) in [6, 6.07) is 11.2. The van der Waals surface area contributed by atoms with Gasteiger partial charge in [0.15, 0.2) is 0 Å². The molecule has 0 saturated carbocycles. The lowest BCUT2D eigenvalue weighted by Crippen LogP contribution is -2.15. The molecule has 5 nitrogen and oxygen atoms in total. The number of carboxylic acids is 1. The normalized spacial score (nSPS) is 10.6. The maximum absolute atomic E-state index is 13.7. The Hall–Kier alpha value is -3.13. The van der Waals surface area contributed by atoms with Gasteiger partial charge in [0, 0.05) is 15.7 Å². The van der Waals surface area contributed by atoms with E-state index in [4.69, 9.17) is 0 Å². The first-order valence-corrected chi connectivity index (χ1v) is 9.39. The highest BCUT2D eigenvalue weighted by atomic mass is 79.9. The summed E-state index contributed by atoms with van der Waals surface area (Å²) in [7, 11) is 0. The van der Waals surface area contributed by atoms with E-state index >= 15 is 0 Å². The summed E-state index contributed by atoms with van der Waals surface area (Å²) in [6.45, 7) is 1.81. The summed E-state index contributed by atoms with van der Waals surface area (Å²) < 4.78 is 28.0. The molecule has 0 aliphatic heterocycles. The fraction of sp³-hybridized carbons (Fsp3) is 0.0952. The molecule has 2 aromatic carbocycles. The van der Waals surface area contributed by atoms with Crippen LogP contribution in [0.1, 0.15) is 33.3 Å². The lowest BCUT2D eigenvalue weighted by atomic mass is 10.1. The quantitative estimate of drug-likeness (QED) is 0.541. The van der Waals surface area contributed by atoms with Crippen LogP contribution >= 0.6 is 15.9 Å². The number of carboxylic acid groups (broad SMARTS) is 1. The zero-order chi connectivity index (χ0) is 21.1. The van der Waals surface area contributed by atoms with Gasteiger partial charge < -0.3 is 10.4 Å². The van der Waals surface area contributed by atoms with Gasteiger partial charge in [-0.05, 0) is 52.7 Å². The van der Waals surface area contributed by atoms with Crippen LogP contribution in [0.4, 0.5) is 14.5 Å². The van der Waals surface area contributed by atoms with Gasteiger partial charge in [-0.15, -0.1) is 0 Å². The van der Waals surface area contributed by atoms with Crippen molar-refractivity contribution in [2.24, 2.45) is 0 Å². The monoisotopic (exact) mass is 460 g/mol. The molecule has 2 N–H and O–H groups in total. The Balaban J connectivity index is 1.87. The van der Waals surface area contributed by atoms with Gasteiger partial charge in [-0.1, -0.05) is 25.1 Å². The van der Waals surface area contributed by atoms with E-state index in [0.717, 1.165) is 12.1 Å². The Kier molecular flexibility index (Phi) is 6.03. The Labute approximate surface area is 173 Å². The van der Waals surface area contributed by atoms with E-state index < -0.39 is 29.1 Å². The molecule has 148 valence electrons. The molecule has 0 saturated heterocycles. The first kappa shape index (κ1) is 20.6. The number of aromatic nitrogens is 1. The topological polar surface area (TPSA) is 79.3 Å². The number of nitrogens with zero attached hydrogens (tertiary/aromatic N) is 1. The summed E-state index contributed by atoms with van der Waals surface area (Å²) in [5.74, 6) is -3.84. The van der Waals surface area contributed by atoms with E-state index in [1.807, 2.05) is 6.92 Å². The number of aryl methyl sites for hydroxylation is 1. The number of anilines is 1. The molecule has 1 amide bonds. The first-order chi connectivity index (χ1) is 13.8. The van der Waals surface area contributed by atoms with Crippen molar-refractivity contribution >= 4 is 33.5 Å². The number of pyridine rings is 1. The molecule has 3 rings (SSSR count). The summed E-state index contributed by atoms with van der Waals surface area (Å²) >= 11 is 3.34. The van der Waals surface area contributed by atoms with E-state index in [9.17, 15) is 23.5 Å². The van der Waals surface area contributed by atoms with Gasteiger partial charge in [0.1, 0.15) is 17.2 Å². The zero-order valence-corrected chi connectivity index (χ0v) is 16.8. The molecular weight excluding hydrogens is 446 g/mol. The number of amides is 1. The highest BCUT2D eigenvalue weighted by Crippen LogP contribution is 2.30. The number of benzene rings is 2. The maximum Gasteiger partial charge on any atom is 0.337 e. The minimum atomic E-state index is -1.06. The summed E-state index contributed by atoms with van der Waals surface area (Å²) in [5, 5.41) is 11.7. The third-order valence-electron chi connectivity index (χ3n) is 4.23. The molecule has 0 aliphatic rings. The summed E-state index contributed by atoms with van der Waals surface area (Å²) in [6.07, 6.45) is 0.449. The van der Waals surface area contributed by atoms with E-state index in [1.54, 1.807) is 24.3 Å². The van der Waals surface area contributed by atoms with Crippen molar-refractivity contribution in [2.45, 2.75) is 13.3 Å². The molecular formula is C21H15BrF2N2O3. The molecule has 29 heavy (non-hydrogen) atoms. The highest BCUT2D eigenvalue weighted by molar-refractivity contribution is 9.10. The fourth-order valence-electron chi connectivity index (χ4n) is 2.80. The minimum absolute atomic E-state index is 0.124. The first-order valence-electron chi connectivity index (χ1n) is 8.60. The van der Waals surface area contributed by atoms with E-state index in [0.29, 0.717) is 33.5 Å². The van der Waals surface area contributed by atoms with Gasteiger partial charge in [0.05, 0.1) is 17.0 Å². The number of hydrogen-bond donors (Lipinski definition) is 2. The van der Waals surface area contributed by atoms with Crippen LogP contribution in [0.3, 0.4) is 0 Å². The standard InChI is InChI=1S/C21H15BrF2N2O3/c1-2-17-13(21(28)29)10-14(22)19(26-17)11-6-8-12(9-7-11)25-20(27)18-15(23)4-3-5-16(18)24/h3-10H,2H2,1H3,(H,25,27)(H,28,29). The Morgan fingerprint density at radius 3 is 2.28 bits per heavy atom. The number of hydrogen-bond acceptors (Lipinski definition) is 3. The molecule has 0 bridgehead atoms. The van der Waals surface area contributed by atoms with E-state index in [-0.39, 0.29) is 5.56 Å². The second-order valence-corrected chi connectivity index (χ2v) is 6.95. The van der Waals surface area contributed by atoms with Crippen molar-refractivity contribution in [3.05, 3.63) is 81.5 Å². The number of aromatic carboxylic acids is 1. The number of carbonyl (C=O) groups is 2. The van der Waals surface area contributed by atoms with Crippen molar-refractivity contribution in [1.82, 2.24) is 4.98 Å². The Bertz CT molecular complexity index is 1080. The molecule has 1 heterocycles. The summed E-state index contributed by atoms with van der Waals surface area (Å²) in [4.78, 5) is 28.0. The van der Waals surface area contributed by atoms with Gasteiger partial charge in [0.2, 0.25) is 0 Å². The van der Waals surface area contributed by atoms with Gasteiger partial charge in [-0.3, -0.25) is 9.78 Å². The SMILES string of the molecule is CCc1nc(-c2ccc(NC(=O)c3c(F)cccc3F)cc2)c(Br)cc1C(=O)O. The molecule has 3 aromatic rings. The highest BCUT2D eigenvalue weighted by Gasteiger charge is 2.18.